The third kappa shape index (κ3) is 7.18. The lowest BCUT2D eigenvalue weighted by Crippen LogP contribution is -2.18. The fourth-order valence-corrected chi connectivity index (χ4v) is 7.08. The molecule has 8 rings (SSSR count). The first kappa shape index (κ1) is 34.7. The van der Waals surface area contributed by atoms with Crippen LogP contribution >= 0.6 is 50.5 Å². The number of aryl methyl sites for hydroxylation is 1. The van der Waals surface area contributed by atoms with Crippen molar-refractivity contribution >= 4 is 119 Å². The molecule has 1 aliphatic rings. The molecule has 258 valence electrons. The van der Waals surface area contributed by atoms with Crippen LogP contribution in [0.2, 0.25) is 0 Å². The van der Waals surface area contributed by atoms with E-state index >= 15 is 0 Å². The maximum atomic E-state index is 8.53. The van der Waals surface area contributed by atoms with Crippen LogP contribution in [-0.4, -0.2) is 26.4 Å². The predicted molar refractivity (Wildman–Crippen MR) is 229 cm³/mol. The van der Waals surface area contributed by atoms with Crippen molar-refractivity contribution in [1.82, 2.24) is 15.0 Å². The van der Waals surface area contributed by atoms with Gasteiger partial charge in [0.1, 0.15) is 16.7 Å². The van der Waals surface area contributed by atoms with E-state index in [1.54, 1.807) is 4.80 Å². The molecule has 1 heterocycles. The highest BCUT2D eigenvalue weighted by molar-refractivity contribution is 7.81. The van der Waals surface area contributed by atoms with Crippen molar-refractivity contribution in [1.29, 1.82) is 5.41 Å². The van der Waals surface area contributed by atoms with Gasteiger partial charge in [0.25, 0.3) is 0 Å². The topological polar surface area (TPSA) is 104 Å². The molecule has 12 heteroatoms. The van der Waals surface area contributed by atoms with Gasteiger partial charge >= 0.3 is 0 Å². The minimum Gasteiger partial charge on any atom is -0.298 e. The Labute approximate surface area is 327 Å². The van der Waals surface area contributed by atoms with Crippen LogP contribution in [0, 0.1) is 12.3 Å². The Kier molecular flexibility index (Phi) is 9.52. The number of allylic oxidation sites excluding steroid dienone is 1. The van der Waals surface area contributed by atoms with Crippen LogP contribution in [0.15, 0.2) is 144 Å². The lowest BCUT2D eigenvalue weighted by atomic mass is 9.94. The summed E-state index contributed by atoms with van der Waals surface area (Å²) in [5, 5.41) is 33.5. The van der Waals surface area contributed by atoms with E-state index in [9.17, 15) is 0 Å². The molecule has 0 radical (unpaired) electrons. The van der Waals surface area contributed by atoms with E-state index in [-0.39, 0.29) is 0 Å². The van der Waals surface area contributed by atoms with Gasteiger partial charge in [-0.05, 0) is 107 Å². The second-order valence-electron chi connectivity index (χ2n) is 12.4. The maximum Gasteiger partial charge on any atom is 0.121 e. The Balaban J connectivity index is 0.934. The zero-order chi connectivity index (χ0) is 36.6. The molecule has 0 bridgehead atoms. The molecule has 8 nitrogen and oxygen atoms in total. The summed E-state index contributed by atoms with van der Waals surface area (Å²) in [6.45, 7) is 2.00. The number of benzene rings is 6. The van der Waals surface area contributed by atoms with Gasteiger partial charge in [-0.15, -0.1) is 60.7 Å². The summed E-state index contributed by atoms with van der Waals surface area (Å²) < 4.78 is 0. The van der Waals surface area contributed by atoms with Gasteiger partial charge < -0.3 is 0 Å². The molecule has 0 amide bonds. The Morgan fingerprint density at radius 2 is 1.49 bits per heavy atom. The monoisotopic (exact) mass is 762 g/mol. The number of nitrogens with zero attached hydrogens (tertiary/aromatic N) is 6. The van der Waals surface area contributed by atoms with Crippen molar-refractivity contribution < 1.29 is 0 Å². The van der Waals surface area contributed by atoms with Crippen LogP contribution in [0.5, 0.6) is 0 Å². The van der Waals surface area contributed by atoms with E-state index in [0.29, 0.717) is 17.1 Å². The second kappa shape index (κ2) is 14.6. The van der Waals surface area contributed by atoms with Crippen molar-refractivity contribution in [3.05, 3.63) is 137 Å². The van der Waals surface area contributed by atoms with Crippen LogP contribution in [0.4, 0.5) is 17.1 Å². The summed E-state index contributed by atoms with van der Waals surface area (Å²) in [6.07, 6.45) is 7.79. The Hall–Kier alpha value is -5.40. The molecular weight excluding hydrogens is 733 g/mol. The Morgan fingerprint density at radius 1 is 0.717 bits per heavy atom. The summed E-state index contributed by atoms with van der Waals surface area (Å²) in [4.78, 5) is 4.93. The van der Waals surface area contributed by atoms with Crippen molar-refractivity contribution in [3.63, 3.8) is 0 Å². The summed E-state index contributed by atoms with van der Waals surface area (Å²) in [5.41, 5.74) is 13.2. The third-order valence-electron chi connectivity index (χ3n) is 8.83. The number of hydrazone groups is 1. The molecule has 6 aromatic carbocycles. The van der Waals surface area contributed by atoms with Gasteiger partial charge in [-0.1, -0.05) is 54.6 Å². The highest BCUT2D eigenvalue weighted by Gasteiger charge is 2.16. The normalized spacial score (nSPS) is 13.6. The molecule has 0 saturated heterocycles. The zero-order valence-electron chi connectivity index (χ0n) is 28.1. The minimum atomic E-state index is 0.356. The van der Waals surface area contributed by atoms with Crippen LogP contribution in [0.1, 0.15) is 27.8 Å². The van der Waals surface area contributed by atoms with E-state index in [2.05, 4.69) is 46.0 Å². The van der Waals surface area contributed by atoms with Crippen LogP contribution in [-0.2, 0) is 0 Å². The fraction of sp³-hybridized carbons (Fsp3) is 0.0244. The number of thiol groups is 4. The van der Waals surface area contributed by atoms with Gasteiger partial charge in [0.2, 0.25) is 0 Å². The fourth-order valence-electron chi connectivity index (χ4n) is 6.01. The number of anilines is 1. The van der Waals surface area contributed by atoms with Crippen molar-refractivity contribution in [2.24, 2.45) is 15.3 Å². The highest BCUT2D eigenvalue weighted by atomic mass is 32.1. The van der Waals surface area contributed by atoms with Gasteiger partial charge in [-0.25, -0.2) is 0 Å². The first-order chi connectivity index (χ1) is 25.7. The van der Waals surface area contributed by atoms with E-state index in [1.807, 2.05) is 134 Å². The first-order valence-electron chi connectivity index (χ1n) is 16.5. The number of hydrogen-bond donors (Lipinski definition) is 6. The molecule has 0 atom stereocenters. The number of rotatable bonds is 7. The highest BCUT2D eigenvalue weighted by Crippen LogP contribution is 2.32. The summed E-state index contributed by atoms with van der Waals surface area (Å²) in [7, 11) is 0. The molecule has 2 N–H and O–H groups in total. The van der Waals surface area contributed by atoms with Crippen molar-refractivity contribution in [2.75, 3.05) is 5.43 Å². The van der Waals surface area contributed by atoms with E-state index < -0.39 is 0 Å². The van der Waals surface area contributed by atoms with Crippen molar-refractivity contribution in [2.45, 2.75) is 26.5 Å². The van der Waals surface area contributed by atoms with Gasteiger partial charge in [0.05, 0.1) is 28.5 Å². The molecule has 0 saturated carbocycles. The molecule has 0 aliphatic heterocycles. The van der Waals surface area contributed by atoms with Crippen LogP contribution in [0.25, 0.3) is 45.7 Å². The smallest absolute Gasteiger partial charge is 0.121 e. The number of fused-ring (bicyclic) bond motifs is 4. The van der Waals surface area contributed by atoms with Crippen LogP contribution in [0.3, 0.4) is 0 Å². The summed E-state index contributed by atoms with van der Waals surface area (Å²) >= 11 is 18.6. The molecule has 0 fully saturated rings. The molecule has 1 aliphatic carbocycles. The quantitative estimate of drug-likeness (QED) is 0.0422. The lowest BCUT2D eigenvalue weighted by molar-refractivity contribution is 0.764. The molecule has 0 spiro atoms. The van der Waals surface area contributed by atoms with E-state index in [1.165, 1.54) is 0 Å². The molecule has 1 aromatic heterocycles. The summed E-state index contributed by atoms with van der Waals surface area (Å²) in [6, 6.07) is 33.1. The lowest BCUT2D eigenvalue weighted by Gasteiger charge is -2.14. The number of nitrogens with one attached hydrogen (secondary N) is 2. The van der Waals surface area contributed by atoms with Crippen LogP contribution < -0.4 is 5.43 Å². The van der Waals surface area contributed by atoms with Gasteiger partial charge in [0.15, 0.2) is 0 Å². The molecule has 53 heavy (non-hydrogen) atoms. The molecular formula is C41H30N8S4. The average Bonchev–Trinajstić information content (AvgIpc) is 3.59. The SMILES string of the molecule is Cc1cc(C=Cc2ccc(-n3nc4cc(S)c5ccccc5c4n3)cc2S)c(S)cc1N=Nc1ccc(N/N=C2/C=Cc3cc(S)ccc3C2=N)cc1. The number of aromatic nitrogens is 3. The Bertz CT molecular complexity index is 2730. The second-order valence-corrected chi connectivity index (χ2v) is 14.4. The summed E-state index contributed by atoms with van der Waals surface area (Å²) in [5.74, 6) is 0. The van der Waals surface area contributed by atoms with Gasteiger partial charge in [-0.2, -0.15) is 20.1 Å². The van der Waals surface area contributed by atoms with Gasteiger partial charge in [0, 0.05) is 30.5 Å². The van der Waals surface area contributed by atoms with Crippen molar-refractivity contribution in [3.8, 4) is 5.69 Å². The first-order valence-corrected chi connectivity index (χ1v) is 18.3. The molecule has 0 unspecified atom stereocenters. The molecule has 7 aromatic rings. The number of hydrogen-bond acceptors (Lipinski definition) is 11. The van der Waals surface area contributed by atoms with E-state index in [0.717, 1.165) is 86.3 Å². The largest absolute Gasteiger partial charge is 0.298 e. The Morgan fingerprint density at radius 3 is 2.30 bits per heavy atom. The maximum absolute atomic E-state index is 8.53. The zero-order valence-corrected chi connectivity index (χ0v) is 31.7. The predicted octanol–water partition coefficient (Wildman–Crippen LogP) is 11.5. The standard InChI is InChI=1S/C41H30N8S4/c1-23-18-26(7-6-24-8-14-29(20-37(24)51)49-47-36-22-39(53)32-4-2-3-5-33(32)41(36)48-49)38(52)21-35(23)46-44-28-12-10-27(11-13-28)43-45-34-17-9-25-19-30(50)15-16-31(25)40(34)42/h2-22,42-43,50-53H,1H3/b7-6?,42-40?,45-34-,46-44?. The number of azo groups is 1. The van der Waals surface area contributed by atoms with E-state index in [4.69, 9.17) is 40.9 Å². The van der Waals surface area contributed by atoms with Gasteiger partial charge in [-0.3, -0.25) is 10.8 Å². The average molecular weight is 763 g/mol. The minimum absolute atomic E-state index is 0.356. The third-order valence-corrected chi connectivity index (χ3v) is 10.3.